The Morgan fingerprint density at radius 1 is 1.29 bits per heavy atom. The first-order valence-electron chi connectivity index (χ1n) is 5.41. The lowest BCUT2D eigenvalue weighted by atomic mass is 9.69. The van der Waals surface area contributed by atoms with Gasteiger partial charge in [-0.05, 0) is 44.9 Å². The smallest absolute Gasteiger partial charge is 0.00798 e. The summed E-state index contributed by atoms with van der Waals surface area (Å²) in [5.41, 5.74) is 4.11. The first kappa shape index (κ1) is 11.3. The molecule has 3 unspecified atom stereocenters. The highest BCUT2D eigenvalue weighted by Gasteiger charge is 2.30. The number of hydrogen-bond donors (Lipinski definition) is 0. The predicted octanol–water partition coefficient (Wildman–Crippen LogP) is 4.36. The molecule has 0 aliphatic heterocycles. The quantitative estimate of drug-likeness (QED) is 0.568. The zero-order valence-corrected chi connectivity index (χ0v) is 9.93. The first-order valence-corrected chi connectivity index (χ1v) is 5.41. The van der Waals surface area contributed by atoms with Crippen molar-refractivity contribution in [1.82, 2.24) is 0 Å². The van der Waals surface area contributed by atoms with E-state index in [1.54, 1.807) is 0 Å². The molecule has 0 radical (unpaired) electrons. The molecule has 14 heavy (non-hydrogen) atoms. The van der Waals surface area contributed by atoms with E-state index in [9.17, 15) is 0 Å². The lowest BCUT2D eigenvalue weighted by molar-refractivity contribution is 0.335. The highest BCUT2D eigenvalue weighted by Crippen LogP contribution is 2.40. The molecule has 0 aromatic heterocycles. The zero-order chi connectivity index (χ0) is 10.9. The molecule has 78 valence electrons. The molecule has 0 fully saturated rings. The molecular formula is C14H22. The average molecular weight is 190 g/mol. The predicted molar refractivity (Wildman–Crippen MR) is 64.1 cm³/mol. The summed E-state index contributed by atoms with van der Waals surface area (Å²) >= 11 is 0. The van der Waals surface area contributed by atoms with Gasteiger partial charge in [0.1, 0.15) is 0 Å². The summed E-state index contributed by atoms with van der Waals surface area (Å²) < 4.78 is 0. The van der Waals surface area contributed by atoms with Crippen molar-refractivity contribution < 1.29 is 0 Å². The molecule has 0 bridgehead atoms. The van der Waals surface area contributed by atoms with Crippen LogP contribution in [-0.4, -0.2) is 0 Å². The fourth-order valence-corrected chi connectivity index (χ4v) is 2.73. The van der Waals surface area contributed by atoms with Gasteiger partial charge in [0.05, 0.1) is 0 Å². The summed E-state index contributed by atoms with van der Waals surface area (Å²) in [5, 5.41) is 0. The molecule has 1 aliphatic rings. The SMILES string of the molecule is C=C(C)C1CC(C)=CC(C)C1C(=C)C. The van der Waals surface area contributed by atoms with Crippen LogP contribution < -0.4 is 0 Å². The molecule has 3 atom stereocenters. The monoisotopic (exact) mass is 190 g/mol. The van der Waals surface area contributed by atoms with Crippen LogP contribution in [-0.2, 0) is 0 Å². The molecule has 0 heterocycles. The van der Waals surface area contributed by atoms with Gasteiger partial charge in [-0.3, -0.25) is 0 Å². The summed E-state index contributed by atoms with van der Waals surface area (Å²) in [6.07, 6.45) is 3.55. The van der Waals surface area contributed by atoms with Crippen molar-refractivity contribution in [2.24, 2.45) is 17.8 Å². The van der Waals surface area contributed by atoms with Crippen molar-refractivity contribution >= 4 is 0 Å². The molecule has 1 aliphatic carbocycles. The van der Waals surface area contributed by atoms with Gasteiger partial charge in [-0.25, -0.2) is 0 Å². The summed E-state index contributed by atoms with van der Waals surface area (Å²) in [4.78, 5) is 0. The Bertz CT molecular complexity index is 280. The minimum Gasteiger partial charge on any atom is -0.0998 e. The number of rotatable bonds is 2. The molecule has 0 heteroatoms. The minimum atomic E-state index is 0.594. The molecule has 0 spiro atoms. The van der Waals surface area contributed by atoms with Crippen LogP contribution in [0.25, 0.3) is 0 Å². The van der Waals surface area contributed by atoms with Crippen LogP contribution in [0.3, 0.4) is 0 Å². The molecule has 0 saturated carbocycles. The van der Waals surface area contributed by atoms with Crippen LogP contribution in [0.5, 0.6) is 0 Å². The van der Waals surface area contributed by atoms with Gasteiger partial charge in [0, 0.05) is 0 Å². The van der Waals surface area contributed by atoms with Gasteiger partial charge in [-0.15, -0.1) is 0 Å². The van der Waals surface area contributed by atoms with E-state index >= 15 is 0 Å². The van der Waals surface area contributed by atoms with E-state index in [0.717, 1.165) is 6.42 Å². The highest BCUT2D eigenvalue weighted by molar-refractivity contribution is 5.21. The highest BCUT2D eigenvalue weighted by atomic mass is 14.3. The third kappa shape index (κ3) is 2.17. The Hall–Kier alpha value is -0.780. The van der Waals surface area contributed by atoms with Crippen molar-refractivity contribution in [3.8, 4) is 0 Å². The van der Waals surface area contributed by atoms with Crippen LogP contribution in [0.15, 0.2) is 36.0 Å². The van der Waals surface area contributed by atoms with Crippen LogP contribution in [0.4, 0.5) is 0 Å². The second-order valence-corrected chi connectivity index (χ2v) is 4.90. The van der Waals surface area contributed by atoms with Gasteiger partial charge in [0.15, 0.2) is 0 Å². The van der Waals surface area contributed by atoms with Crippen LogP contribution in [0, 0.1) is 17.8 Å². The van der Waals surface area contributed by atoms with Crippen LogP contribution in [0.2, 0.25) is 0 Å². The van der Waals surface area contributed by atoms with Crippen molar-refractivity contribution in [1.29, 1.82) is 0 Å². The van der Waals surface area contributed by atoms with Crippen molar-refractivity contribution in [3.63, 3.8) is 0 Å². The summed E-state index contributed by atoms with van der Waals surface area (Å²) in [6.45, 7) is 17.0. The van der Waals surface area contributed by atoms with Crippen molar-refractivity contribution in [2.45, 2.75) is 34.1 Å². The van der Waals surface area contributed by atoms with E-state index in [-0.39, 0.29) is 0 Å². The number of allylic oxidation sites excluding steroid dienone is 4. The Morgan fingerprint density at radius 3 is 2.29 bits per heavy atom. The maximum Gasteiger partial charge on any atom is -0.00798 e. The lowest BCUT2D eigenvalue weighted by Gasteiger charge is -2.36. The largest absolute Gasteiger partial charge is 0.0998 e. The molecule has 0 aromatic carbocycles. The molecule has 0 nitrogen and oxygen atoms in total. The van der Waals surface area contributed by atoms with Gasteiger partial charge in [-0.1, -0.05) is 42.9 Å². The fraction of sp³-hybridized carbons (Fsp3) is 0.571. The van der Waals surface area contributed by atoms with Gasteiger partial charge < -0.3 is 0 Å². The van der Waals surface area contributed by atoms with Crippen molar-refractivity contribution in [2.75, 3.05) is 0 Å². The molecule has 0 amide bonds. The second kappa shape index (κ2) is 4.16. The molecule has 1 rings (SSSR count). The third-order valence-corrected chi connectivity index (χ3v) is 3.29. The number of hydrogen-bond acceptors (Lipinski definition) is 0. The van der Waals surface area contributed by atoms with Gasteiger partial charge in [0.2, 0.25) is 0 Å². The van der Waals surface area contributed by atoms with Crippen molar-refractivity contribution in [3.05, 3.63) is 36.0 Å². The first-order chi connectivity index (χ1) is 6.43. The minimum absolute atomic E-state index is 0.594. The average Bonchev–Trinajstić information content (AvgIpc) is 2.01. The molecular weight excluding hydrogens is 168 g/mol. The molecule has 0 saturated heterocycles. The third-order valence-electron chi connectivity index (χ3n) is 3.29. The van der Waals surface area contributed by atoms with E-state index < -0.39 is 0 Å². The Kier molecular flexibility index (Phi) is 3.36. The van der Waals surface area contributed by atoms with E-state index in [2.05, 4.69) is 46.9 Å². The lowest BCUT2D eigenvalue weighted by Crippen LogP contribution is -2.26. The normalized spacial score (nSPS) is 32.3. The zero-order valence-electron chi connectivity index (χ0n) is 9.93. The molecule has 0 N–H and O–H groups in total. The van der Waals surface area contributed by atoms with E-state index in [1.807, 2.05) is 0 Å². The van der Waals surface area contributed by atoms with E-state index in [0.29, 0.717) is 17.8 Å². The standard InChI is InChI=1S/C14H22/c1-9(2)13-8-11(5)7-12(6)14(13)10(3)4/h7,12-14H,1,3,8H2,2,4-6H3. The maximum atomic E-state index is 4.12. The summed E-state index contributed by atoms with van der Waals surface area (Å²) in [7, 11) is 0. The Labute approximate surface area is 88.4 Å². The summed E-state index contributed by atoms with van der Waals surface area (Å²) in [6, 6.07) is 0. The van der Waals surface area contributed by atoms with Crippen LogP contribution >= 0.6 is 0 Å². The van der Waals surface area contributed by atoms with Gasteiger partial charge >= 0.3 is 0 Å². The Morgan fingerprint density at radius 2 is 1.86 bits per heavy atom. The van der Waals surface area contributed by atoms with E-state index in [1.165, 1.54) is 16.7 Å². The van der Waals surface area contributed by atoms with Gasteiger partial charge in [0.25, 0.3) is 0 Å². The fourth-order valence-electron chi connectivity index (χ4n) is 2.73. The van der Waals surface area contributed by atoms with E-state index in [4.69, 9.17) is 0 Å². The van der Waals surface area contributed by atoms with Crippen LogP contribution in [0.1, 0.15) is 34.1 Å². The Balaban J connectivity index is 2.98. The topological polar surface area (TPSA) is 0 Å². The summed E-state index contributed by atoms with van der Waals surface area (Å²) in [5.74, 6) is 1.81. The second-order valence-electron chi connectivity index (χ2n) is 4.90. The van der Waals surface area contributed by atoms with Gasteiger partial charge in [-0.2, -0.15) is 0 Å². The maximum absolute atomic E-state index is 4.12. The molecule has 0 aromatic rings.